The lowest BCUT2D eigenvalue weighted by Gasteiger charge is -2.17. The van der Waals surface area contributed by atoms with E-state index in [1.807, 2.05) is 37.4 Å². The highest BCUT2D eigenvalue weighted by Gasteiger charge is 2.13. The summed E-state index contributed by atoms with van der Waals surface area (Å²) in [6, 6.07) is 10.1. The van der Waals surface area contributed by atoms with Crippen LogP contribution >= 0.6 is 15.9 Å². The molecule has 1 aromatic heterocycles. The summed E-state index contributed by atoms with van der Waals surface area (Å²) in [4.78, 5) is 4.20. The van der Waals surface area contributed by atoms with Crippen molar-refractivity contribution in [3.05, 3.63) is 58.3 Å². The number of pyridine rings is 1. The Morgan fingerprint density at radius 2 is 2.15 bits per heavy atom. The van der Waals surface area contributed by atoms with Crippen LogP contribution in [0.2, 0.25) is 0 Å². The van der Waals surface area contributed by atoms with Crippen LogP contribution in [-0.4, -0.2) is 11.6 Å². The minimum atomic E-state index is -0.0124. The zero-order valence-corrected chi connectivity index (χ0v) is 12.9. The molecule has 0 saturated heterocycles. The number of rotatable bonds is 6. The summed E-state index contributed by atoms with van der Waals surface area (Å²) in [5.74, 6) is 6.45. The van der Waals surface area contributed by atoms with Crippen LogP contribution in [0, 0.1) is 0 Å². The fourth-order valence-electron chi connectivity index (χ4n) is 2.03. The first-order valence-corrected chi connectivity index (χ1v) is 7.31. The summed E-state index contributed by atoms with van der Waals surface area (Å²) in [7, 11) is 0. The van der Waals surface area contributed by atoms with Gasteiger partial charge in [0.2, 0.25) is 0 Å². The van der Waals surface area contributed by atoms with E-state index in [0.29, 0.717) is 6.61 Å². The Balaban J connectivity index is 2.20. The minimum absolute atomic E-state index is 0.0124. The highest BCUT2D eigenvalue weighted by atomic mass is 79.9. The molecule has 0 amide bonds. The molecule has 0 aliphatic carbocycles. The number of nitrogens with two attached hydrogens (primary N) is 1. The SMILES string of the molecule is CCOc1cncc(C(Cc2ccccc2Br)NN)c1. The van der Waals surface area contributed by atoms with Crippen LogP contribution in [0.1, 0.15) is 24.1 Å². The predicted octanol–water partition coefficient (Wildman–Crippen LogP) is 2.99. The molecule has 5 heteroatoms. The maximum atomic E-state index is 5.69. The Morgan fingerprint density at radius 1 is 1.35 bits per heavy atom. The fourth-order valence-corrected chi connectivity index (χ4v) is 2.48. The molecule has 1 atom stereocenters. The lowest BCUT2D eigenvalue weighted by Crippen LogP contribution is -2.29. The maximum Gasteiger partial charge on any atom is 0.137 e. The van der Waals surface area contributed by atoms with E-state index in [9.17, 15) is 0 Å². The van der Waals surface area contributed by atoms with Gasteiger partial charge in [0, 0.05) is 10.7 Å². The number of aromatic nitrogens is 1. The van der Waals surface area contributed by atoms with Crippen LogP contribution in [0.15, 0.2) is 47.2 Å². The van der Waals surface area contributed by atoms with E-state index >= 15 is 0 Å². The van der Waals surface area contributed by atoms with Crippen molar-refractivity contribution in [3.8, 4) is 5.75 Å². The van der Waals surface area contributed by atoms with E-state index in [1.165, 1.54) is 5.56 Å². The smallest absolute Gasteiger partial charge is 0.137 e. The van der Waals surface area contributed by atoms with Crippen LogP contribution < -0.4 is 16.0 Å². The van der Waals surface area contributed by atoms with Crippen molar-refractivity contribution in [1.29, 1.82) is 0 Å². The van der Waals surface area contributed by atoms with Crippen molar-refractivity contribution in [2.45, 2.75) is 19.4 Å². The number of nitrogens with zero attached hydrogens (tertiary/aromatic N) is 1. The maximum absolute atomic E-state index is 5.69. The number of ether oxygens (including phenoxy) is 1. The van der Waals surface area contributed by atoms with Crippen LogP contribution in [0.3, 0.4) is 0 Å². The van der Waals surface area contributed by atoms with Gasteiger partial charge in [-0.3, -0.25) is 16.3 Å². The predicted molar refractivity (Wildman–Crippen MR) is 83.3 cm³/mol. The third-order valence-corrected chi connectivity index (χ3v) is 3.80. The van der Waals surface area contributed by atoms with E-state index < -0.39 is 0 Å². The van der Waals surface area contributed by atoms with Crippen LogP contribution in [0.25, 0.3) is 0 Å². The third-order valence-electron chi connectivity index (χ3n) is 3.03. The van der Waals surface area contributed by atoms with Gasteiger partial charge in [-0.25, -0.2) is 0 Å². The molecule has 1 unspecified atom stereocenters. The number of hydrazine groups is 1. The van der Waals surface area contributed by atoms with Gasteiger partial charge in [-0.1, -0.05) is 34.1 Å². The molecule has 2 aromatic rings. The van der Waals surface area contributed by atoms with Gasteiger partial charge in [0.1, 0.15) is 5.75 Å². The van der Waals surface area contributed by atoms with Crippen molar-refractivity contribution in [3.63, 3.8) is 0 Å². The van der Waals surface area contributed by atoms with Crippen molar-refractivity contribution in [2.24, 2.45) is 5.84 Å². The molecular weight excluding hydrogens is 318 g/mol. The van der Waals surface area contributed by atoms with E-state index in [0.717, 1.165) is 22.2 Å². The molecule has 0 spiro atoms. The van der Waals surface area contributed by atoms with Gasteiger partial charge in [0.05, 0.1) is 18.8 Å². The normalized spacial score (nSPS) is 12.2. The van der Waals surface area contributed by atoms with Crippen LogP contribution in [0.5, 0.6) is 5.75 Å². The molecule has 20 heavy (non-hydrogen) atoms. The Kier molecular flexibility index (Phi) is 5.52. The second kappa shape index (κ2) is 7.38. The number of halogens is 1. The lowest BCUT2D eigenvalue weighted by molar-refractivity contribution is 0.338. The summed E-state index contributed by atoms with van der Waals surface area (Å²) < 4.78 is 6.55. The fraction of sp³-hybridized carbons (Fsp3) is 0.267. The second-order valence-electron chi connectivity index (χ2n) is 4.40. The molecule has 1 aromatic carbocycles. The quantitative estimate of drug-likeness (QED) is 0.629. The van der Waals surface area contributed by atoms with Gasteiger partial charge < -0.3 is 4.74 Å². The highest BCUT2D eigenvalue weighted by Crippen LogP contribution is 2.24. The second-order valence-corrected chi connectivity index (χ2v) is 5.26. The van der Waals surface area contributed by atoms with Gasteiger partial charge in [0.25, 0.3) is 0 Å². The molecule has 3 N–H and O–H groups in total. The first-order valence-electron chi connectivity index (χ1n) is 6.52. The molecule has 0 saturated carbocycles. The van der Waals surface area contributed by atoms with E-state index in [-0.39, 0.29) is 6.04 Å². The molecule has 2 rings (SSSR count). The Morgan fingerprint density at radius 3 is 2.85 bits per heavy atom. The van der Waals surface area contributed by atoms with E-state index in [2.05, 4.69) is 32.4 Å². The van der Waals surface area contributed by atoms with E-state index in [4.69, 9.17) is 10.6 Å². The van der Waals surface area contributed by atoms with E-state index in [1.54, 1.807) is 6.20 Å². The molecule has 106 valence electrons. The van der Waals surface area contributed by atoms with Gasteiger partial charge in [-0.15, -0.1) is 0 Å². The van der Waals surface area contributed by atoms with Crippen molar-refractivity contribution in [2.75, 3.05) is 6.61 Å². The molecular formula is C15H18BrN3O. The largest absolute Gasteiger partial charge is 0.492 e. The monoisotopic (exact) mass is 335 g/mol. The van der Waals surface area contributed by atoms with Crippen molar-refractivity contribution in [1.82, 2.24) is 10.4 Å². The molecule has 4 nitrogen and oxygen atoms in total. The van der Waals surface area contributed by atoms with Crippen molar-refractivity contribution >= 4 is 15.9 Å². The average Bonchev–Trinajstić information content (AvgIpc) is 2.47. The minimum Gasteiger partial charge on any atom is -0.492 e. The molecule has 0 aliphatic heterocycles. The Labute approximate surface area is 127 Å². The molecule has 0 radical (unpaired) electrons. The molecule has 0 bridgehead atoms. The Hall–Kier alpha value is -1.43. The number of hydrogen-bond donors (Lipinski definition) is 2. The van der Waals surface area contributed by atoms with Gasteiger partial charge in [-0.05, 0) is 36.6 Å². The molecule has 1 heterocycles. The van der Waals surface area contributed by atoms with Crippen molar-refractivity contribution < 1.29 is 4.74 Å². The zero-order valence-electron chi connectivity index (χ0n) is 11.3. The van der Waals surface area contributed by atoms with Crippen LogP contribution in [-0.2, 0) is 6.42 Å². The average molecular weight is 336 g/mol. The summed E-state index contributed by atoms with van der Waals surface area (Å²) in [6.07, 6.45) is 4.29. The Bertz CT molecular complexity index is 562. The summed E-state index contributed by atoms with van der Waals surface area (Å²) >= 11 is 3.56. The number of benzene rings is 1. The first-order chi connectivity index (χ1) is 9.74. The standard InChI is InChI=1S/C15H18BrN3O/c1-2-20-13-7-12(9-18-10-13)15(19-17)8-11-5-3-4-6-14(11)16/h3-7,9-10,15,19H,2,8,17H2,1H3. The topological polar surface area (TPSA) is 60.2 Å². The van der Waals surface area contributed by atoms with Crippen LogP contribution in [0.4, 0.5) is 0 Å². The van der Waals surface area contributed by atoms with Gasteiger partial charge in [0.15, 0.2) is 0 Å². The van der Waals surface area contributed by atoms with Gasteiger partial charge in [-0.2, -0.15) is 0 Å². The molecule has 0 aliphatic rings. The van der Waals surface area contributed by atoms with Gasteiger partial charge >= 0.3 is 0 Å². The summed E-state index contributed by atoms with van der Waals surface area (Å²) in [5, 5.41) is 0. The summed E-state index contributed by atoms with van der Waals surface area (Å²) in [5.41, 5.74) is 5.05. The highest BCUT2D eigenvalue weighted by molar-refractivity contribution is 9.10. The number of hydrogen-bond acceptors (Lipinski definition) is 4. The molecule has 0 fully saturated rings. The third kappa shape index (κ3) is 3.79. The summed E-state index contributed by atoms with van der Waals surface area (Å²) in [6.45, 7) is 2.57. The first kappa shape index (κ1) is 15.0. The number of nitrogens with one attached hydrogen (secondary N) is 1. The lowest BCUT2D eigenvalue weighted by atomic mass is 10.0. The zero-order chi connectivity index (χ0) is 14.4.